The smallest absolute Gasteiger partial charge is 0.167 e. The van der Waals surface area contributed by atoms with Crippen molar-refractivity contribution in [1.29, 1.82) is 0 Å². The number of unbranched alkanes of at least 4 members (excludes halogenated alkanes) is 2. The van der Waals surface area contributed by atoms with Crippen LogP contribution in [0.3, 0.4) is 0 Å². The van der Waals surface area contributed by atoms with Crippen molar-refractivity contribution in [3.8, 4) is 0 Å². The van der Waals surface area contributed by atoms with Gasteiger partial charge >= 0.3 is 0 Å². The highest BCUT2D eigenvalue weighted by molar-refractivity contribution is 14.1. The highest BCUT2D eigenvalue weighted by atomic mass is 127. The van der Waals surface area contributed by atoms with Crippen molar-refractivity contribution in [1.82, 2.24) is 0 Å². The highest BCUT2D eigenvalue weighted by Crippen LogP contribution is 2.22. The first-order valence-corrected chi connectivity index (χ1v) is 8.41. The van der Waals surface area contributed by atoms with E-state index in [-0.39, 0.29) is 0 Å². The summed E-state index contributed by atoms with van der Waals surface area (Å²) < 4.78 is 8.13. The standard InChI is InChI=1S/C12H25IOSi/c1-5-6-7-8-11(9-10-13)14-15-12(2,3)4/h9-11H,5-8,15H2,1-4H3/b10-9+. The van der Waals surface area contributed by atoms with Crippen LogP contribution in [-0.4, -0.2) is 15.9 Å². The fraction of sp³-hybridized carbons (Fsp3) is 0.833. The molecular weight excluding hydrogens is 315 g/mol. The molecule has 1 nitrogen and oxygen atoms in total. The summed E-state index contributed by atoms with van der Waals surface area (Å²) in [6, 6.07) is 0. The van der Waals surface area contributed by atoms with Gasteiger partial charge in [-0.2, -0.15) is 0 Å². The van der Waals surface area contributed by atoms with E-state index < -0.39 is 9.76 Å². The number of hydrogen-bond acceptors (Lipinski definition) is 1. The Morgan fingerprint density at radius 1 is 1.33 bits per heavy atom. The van der Waals surface area contributed by atoms with Crippen molar-refractivity contribution in [2.75, 3.05) is 0 Å². The van der Waals surface area contributed by atoms with Crippen LogP contribution in [0.2, 0.25) is 5.04 Å². The topological polar surface area (TPSA) is 9.23 Å². The second kappa shape index (κ2) is 8.76. The molecule has 0 heterocycles. The Morgan fingerprint density at radius 2 is 2.00 bits per heavy atom. The second-order valence-corrected chi connectivity index (χ2v) is 8.69. The van der Waals surface area contributed by atoms with Crippen LogP contribution in [0.25, 0.3) is 0 Å². The maximum Gasteiger partial charge on any atom is 0.167 e. The van der Waals surface area contributed by atoms with E-state index in [1.807, 2.05) is 0 Å². The first-order chi connectivity index (χ1) is 6.99. The number of hydrogen-bond donors (Lipinski definition) is 0. The van der Waals surface area contributed by atoms with E-state index in [1.165, 1.54) is 25.7 Å². The van der Waals surface area contributed by atoms with Crippen LogP contribution in [-0.2, 0) is 4.43 Å². The lowest BCUT2D eigenvalue weighted by molar-refractivity contribution is 0.236. The summed E-state index contributed by atoms with van der Waals surface area (Å²) in [5.41, 5.74) is 0. The summed E-state index contributed by atoms with van der Waals surface area (Å²) in [6.07, 6.45) is 7.68. The van der Waals surface area contributed by atoms with Crippen LogP contribution >= 0.6 is 22.6 Å². The van der Waals surface area contributed by atoms with Gasteiger partial charge in [0.05, 0.1) is 6.10 Å². The minimum absolute atomic E-state index is 0.374. The van der Waals surface area contributed by atoms with Gasteiger partial charge in [0.1, 0.15) is 0 Å². The largest absolute Gasteiger partial charge is 0.417 e. The van der Waals surface area contributed by atoms with Gasteiger partial charge < -0.3 is 4.43 Å². The van der Waals surface area contributed by atoms with Crippen molar-refractivity contribution >= 4 is 32.4 Å². The predicted octanol–water partition coefficient (Wildman–Crippen LogP) is 4.20. The molecule has 1 atom stereocenters. The van der Waals surface area contributed by atoms with E-state index in [2.05, 4.69) is 60.4 Å². The van der Waals surface area contributed by atoms with Gasteiger partial charge in [0.15, 0.2) is 9.76 Å². The average molecular weight is 340 g/mol. The molecule has 15 heavy (non-hydrogen) atoms. The Bertz CT molecular complexity index is 175. The molecule has 0 aromatic rings. The first kappa shape index (κ1) is 15.6. The molecule has 0 aliphatic heterocycles. The van der Waals surface area contributed by atoms with E-state index in [0.717, 1.165) is 0 Å². The Kier molecular flexibility index (Phi) is 9.14. The lowest BCUT2D eigenvalue weighted by Gasteiger charge is -2.21. The van der Waals surface area contributed by atoms with Gasteiger partial charge in [-0.1, -0.05) is 75.6 Å². The molecule has 0 spiro atoms. The maximum absolute atomic E-state index is 6.04. The quantitative estimate of drug-likeness (QED) is 0.383. The summed E-state index contributed by atoms with van der Waals surface area (Å²) in [6.45, 7) is 9.07. The fourth-order valence-corrected chi connectivity index (χ4v) is 2.72. The Labute approximate surface area is 111 Å². The lowest BCUT2D eigenvalue weighted by atomic mass is 10.1. The molecule has 1 unspecified atom stereocenters. The van der Waals surface area contributed by atoms with E-state index in [4.69, 9.17) is 4.43 Å². The minimum atomic E-state index is -0.407. The van der Waals surface area contributed by atoms with Crippen LogP contribution in [0.5, 0.6) is 0 Å². The van der Waals surface area contributed by atoms with Gasteiger partial charge in [-0.3, -0.25) is 0 Å². The molecule has 0 saturated heterocycles. The number of rotatable bonds is 7. The molecule has 0 aromatic heterocycles. The average Bonchev–Trinajstić information content (AvgIpc) is 2.13. The van der Waals surface area contributed by atoms with Crippen LogP contribution in [0.4, 0.5) is 0 Å². The van der Waals surface area contributed by atoms with Gasteiger partial charge in [0.25, 0.3) is 0 Å². The molecule has 0 N–H and O–H groups in total. The van der Waals surface area contributed by atoms with Gasteiger partial charge in [0, 0.05) is 0 Å². The van der Waals surface area contributed by atoms with Crippen LogP contribution < -0.4 is 0 Å². The molecule has 0 rings (SSSR count). The summed E-state index contributed by atoms with van der Waals surface area (Å²) >= 11 is 2.28. The monoisotopic (exact) mass is 340 g/mol. The van der Waals surface area contributed by atoms with Crippen molar-refractivity contribution in [2.45, 2.75) is 64.5 Å². The predicted molar refractivity (Wildman–Crippen MR) is 80.4 cm³/mol. The summed E-state index contributed by atoms with van der Waals surface area (Å²) in [5, 5.41) is 0.405. The first-order valence-electron chi connectivity index (χ1n) is 5.88. The molecular formula is C12H25IOSi. The zero-order valence-electron chi connectivity index (χ0n) is 10.6. The van der Waals surface area contributed by atoms with E-state index in [0.29, 0.717) is 11.1 Å². The molecule has 0 aliphatic rings. The molecule has 0 saturated carbocycles. The zero-order valence-corrected chi connectivity index (χ0v) is 14.1. The summed E-state index contributed by atoms with van der Waals surface area (Å²) in [5.74, 6) is 0. The van der Waals surface area contributed by atoms with E-state index in [9.17, 15) is 0 Å². The summed E-state index contributed by atoms with van der Waals surface area (Å²) in [4.78, 5) is 0. The summed E-state index contributed by atoms with van der Waals surface area (Å²) in [7, 11) is -0.407. The van der Waals surface area contributed by atoms with Crippen molar-refractivity contribution in [3.05, 3.63) is 10.2 Å². The second-order valence-electron chi connectivity index (χ2n) is 5.22. The number of halogens is 1. The Balaban J connectivity index is 3.83. The SMILES string of the molecule is CCCCCC(/C=C/I)O[SiH2]C(C)(C)C. The fourth-order valence-electron chi connectivity index (χ4n) is 1.27. The zero-order chi connectivity index (χ0) is 11.7. The van der Waals surface area contributed by atoms with E-state index in [1.54, 1.807) is 0 Å². The Morgan fingerprint density at radius 3 is 2.47 bits per heavy atom. The molecule has 3 heteroatoms. The van der Waals surface area contributed by atoms with Gasteiger partial charge in [-0.15, -0.1) is 0 Å². The third kappa shape index (κ3) is 10.9. The van der Waals surface area contributed by atoms with Crippen LogP contribution in [0, 0.1) is 0 Å². The third-order valence-electron chi connectivity index (χ3n) is 2.11. The minimum Gasteiger partial charge on any atom is -0.417 e. The molecule has 0 bridgehead atoms. The molecule has 0 aliphatic carbocycles. The Hall–Kier alpha value is 0.647. The molecule has 0 aromatic carbocycles. The molecule has 0 radical (unpaired) electrons. The molecule has 0 amide bonds. The van der Waals surface area contributed by atoms with Crippen molar-refractivity contribution < 1.29 is 4.43 Å². The normalized spacial score (nSPS) is 15.5. The van der Waals surface area contributed by atoms with Crippen molar-refractivity contribution in [3.63, 3.8) is 0 Å². The molecule has 90 valence electrons. The van der Waals surface area contributed by atoms with Gasteiger partial charge in [-0.05, 0) is 15.5 Å². The lowest BCUT2D eigenvalue weighted by Crippen LogP contribution is -2.19. The van der Waals surface area contributed by atoms with Gasteiger partial charge in [0.2, 0.25) is 0 Å². The van der Waals surface area contributed by atoms with Crippen LogP contribution in [0.1, 0.15) is 53.4 Å². The molecule has 0 fully saturated rings. The van der Waals surface area contributed by atoms with Crippen LogP contribution in [0.15, 0.2) is 10.2 Å². The highest BCUT2D eigenvalue weighted by Gasteiger charge is 2.14. The van der Waals surface area contributed by atoms with Gasteiger partial charge in [-0.25, -0.2) is 0 Å². The third-order valence-corrected chi connectivity index (χ3v) is 3.99. The maximum atomic E-state index is 6.04. The van der Waals surface area contributed by atoms with E-state index >= 15 is 0 Å². The van der Waals surface area contributed by atoms with Crippen molar-refractivity contribution in [2.24, 2.45) is 0 Å².